The Kier molecular flexibility index (Phi) is 10.5. The molecule has 0 heterocycles. The van der Waals surface area contributed by atoms with Crippen LogP contribution in [0.2, 0.25) is 0 Å². The van der Waals surface area contributed by atoms with Crippen molar-refractivity contribution in [1.82, 2.24) is 0 Å². The summed E-state index contributed by atoms with van der Waals surface area (Å²) in [5.41, 5.74) is 0. The van der Waals surface area contributed by atoms with Crippen molar-refractivity contribution in [3.63, 3.8) is 0 Å². The lowest BCUT2D eigenvalue weighted by Gasteiger charge is -1.99. The molecule has 0 rings (SSSR count). The molecule has 0 radical (unpaired) electrons. The summed E-state index contributed by atoms with van der Waals surface area (Å²) in [4.78, 5) is 0. The van der Waals surface area contributed by atoms with E-state index < -0.39 is 0 Å². The minimum Gasteiger partial charge on any atom is -0.0885 e. The number of allylic oxidation sites excluding steroid dienone is 3. The van der Waals surface area contributed by atoms with Gasteiger partial charge < -0.3 is 0 Å². The third kappa shape index (κ3) is 10.1. The van der Waals surface area contributed by atoms with Gasteiger partial charge in [0.2, 0.25) is 0 Å². The molecule has 0 aliphatic carbocycles. The molecular formula is C12H21I. The van der Waals surface area contributed by atoms with E-state index in [1.807, 2.05) is 0 Å². The molecule has 0 aliphatic rings. The summed E-state index contributed by atoms with van der Waals surface area (Å²) >= 11 is 2.28. The summed E-state index contributed by atoms with van der Waals surface area (Å²) in [7, 11) is 0. The van der Waals surface area contributed by atoms with Crippen LogP contribution in [-0.4, -0.2) is 0 Å². The molecule has 0 amide bonds. The number of rotatable bonds is 7. The van der Waals surface area contributed by atoms with Gasteiger partial charge in [0.25, 0.3) is 0 Å². The second kappa shape index (κ2) is 10.3. The van der Waals surface area contributed by atoms with Crippen LogP contribution in [0.3, 0.4) is 0 Å². The Bertz CT molecular complexity index is 147. The van der Waals surface area contributed by atoms with Crippen LogP contribution in [0.15, 0.2) is 22.3 Å². The first-order valence-electron chi connectivity index (χ1n) is 5.23. The van der Waals surface area contributed by atoms with Gasteiger partial charge in [-0.3, -0.25) is 0 Å². The number of hydrogen-bond acceptors (Lipinski definition) is 0. The van der Waals surface area contributed by atoms with E-state index in [0.717, 1.165) is 0 Å². The van der Waals surface area contributed by atoms with E-state index in [9.17, 15) is 0 Å². The Balaban J connectivity index is 3.30. The van der Waals surface area contributed by atoms with Crippen LogP contribution in [0.5, 0.6) is 0 Å². The topological polar surface area (TPSA) is 0 Å². The average molecular weight is 292 g/mol. The van der Waals surface area contributed by atoms with Crippen LogP contribution in [0, 0.1) is 5.92 Å². The maximum atomic E-state index is 2.33. The van der Waals surface area contributed by atoms with E-state index in [1.165, 1.54) is 32.1 Å². The van der Waals surface area contributed by atoms with Gasteiger partial charge in [0.1, 0.15) is 0 Å². The van der Waals surface area contributed by atoms with Crippen LogP contribution in [-0.2, 0) is 0 Å². The molecule has 0 N–H and O–H groups in total. The Morgan fingerprint density at radius 2 is 2.00 bits per heavy atom. The van der Waals surface area contributed by atoms with Gasteiger partial charge >= 0.3 is 0 Å². The molecule has 0 aromatic heterocycles. The number of unbranched alkanes of at least 4 members (excludes halogenated alkanes) is 3. The van der Waals surface area contributed by atoms with Crippen molar-refractivity contribution in [2.45, 2.75) is 46.0 Å². The van der Waals surface area contributed by atoms with Crippen molar-refractivity contribution >= 4 is 22.6 Å². The van der Waals surface area contributed by atoms with Gasteiger partial charge in [-0.05, 0) is 29.3 Å². The molecule has 13 heavy (non-hydrogen) atoms. The van der Waals surface area contributed by atoms with Crippen molar-refractivity contribution in [3.05, 3.63) is 22.3 Å². The molecule has 1 atom stereocenters. The Morgan fingerprint density at radius 3 is 2.62 bits per heavy atom. The number of hydrogen-bond donors (Lipinski definition) is 0. The van der Waals surface area contributed by atoms with E-state index in [0.29, 0.717) is 5.92 Å². The van der Waals surface area contributed by atoms with Gasteiger partial charge in [-0.15, -0.1) is 0 Å². The molecule has 0 nitrogen and oxygen atoms in total. The quantitative estimate of drug-likeness (QED) is 0.348. The number of halogens is 1. The maximum Gasteiger partial charge on any atom is -0.0220 e. The van der Waals surface area contributed by atoms with Crippen molar-refractivity contribution in [2.24, 2.45) is 5.92 Å². The van der Waals surface area contributed by atoms with Crippen LogP contribution < -0.4 is 0 Å². The van der Waals surface area contributed by atoms with Crippen LogP contribution in [0.25, 0.3) is 0 Å². The second-order valence-electron chi connectivity index (χ2n) is 3.50. The zero-order valence-corrected chi connectivity index (χ0v) is 11.0. The van der Waals surface area contributed by atoms with Crippen LogP contribution >= 0.6 is 22.6 Å². The third-order valence-corrected chi connectivity index (χ3v) is 2.47. The standard InChI is InChI=1S/C12H21I/c1-3-4-5-6-7-8-9-12(2)10-11-13/h7-8,10-12H,3-6,9H2,1-2H3/b8-7-,11-10+/t12-/m0/s1. The minimum atomic E-state index is 0.694. The highest BCUT2D eigenvalue weighted by Gasteiger charge is 1.90. The van der Waals surface area contributed by atoms with E-state index in [1.54, 1.807) is 0 Å². The first kappa shape index (κ1) is 13.2. The highest BCUT2D eigenvalue weighted by atomic mass is 127. The van der Waals surface area contributed by atoms with Gasteiger partial charge in [-0.1, -0.05) is 67.5 Å². The van der Waals surface area contributed by atoms with Gasteiger partial charge in [-0.25, -0.2) is 0 Å². The van der Waals surface area contributed by atoms with Gasteiger partial charge in [0.15, 0.2) is 0 Å². The summed E-state index contributed by atoms with van der Waals surface area (Å²) in [5.74, 6) is 0.694. The third-order valence-electron chi connectivity index (χ3n) is 2.05. The van der Waals surface area contributed by atoms with Gasteiger partial charge in [-0.2, -0.15) is 0 Å². The molecular weight excluding hydrogens is 271 g/mol. The highest BCUT2D eigenvalue weighted by Crippen LogP contribution is 2.07. The first-order chi connectivity index (χ1) is 6.31. The molecule has 0 aromatic rings. The molecule has 76 valence electrons. The second-order valence-corrected chi connectivity index (χ2v) is 4.22. The summed E-state index contributed by atoms with van der Waals surface area (Å²) in [6.07, 6.45) is 13.4. The smallest absolute Gasteiger partial charge is 0.0220 e. The Hall–Kier alpha value is 0.210. The molecule has 0 bridgehead atoms. The van der Waals surface area contributed by atoms with Crippen LogP contribution in [0.1, 0.15) is 46.0 Å². The van der Waals surface area contributed by atoms with Gasteiger partial charge in [0.05, 0.1) is 0 Å². The largest absolute Gasteiger partial charge is 0.0885 e. The summed E-state index contributed by atoms with van der Waals surface area (Å²) in [5, 5.41) is 0. The maximum absolute atomic E-state index is 2.33. The minimum absolute atomic E-state index is 0.694. The predicted octanol–water partition coefficient (Wildman–Crippen LogP) is 5.10. The SMILES string of the molecule is CCCCC/C=C\C[C@H](C)/C=C/I. The van der Waals surface area contributed by atoms with E-state index in [-0.39, 0.29) is 0 Å². The lowest BCUT2D eigenvalue weighted by Crippen LogP contribution is -1.84. The van der Waals surface area contributed by atoms with Gasteiger partial charge in [0, 0.05) is 0 Å². The van der Waals surface area contributed by atoms with Crippen molar-refractivity contribution in [3.8, 4) is 0 Å². The predicted molar refractivity (Wildman–Crippen MR) is 70.2 cm³/mol. The van der Waals surface area contributed by atoms with E-state index in [4.69, 9.17) is 0 Å². The van der Waals surface area contributed by atoms with Crippen LogP contribution in [0.4, 0.5) is 0 Å². The first-order valence-corrected chi connectivity index (χ1v) is 6.47. The lowest BCUT2D eigenvalue weighted by molar-refractivity contribution is 0.717. The monoisotopic (exact) mass is 292 g/mol. The Morgan fingerprint density at radius 1 is 1.23 bits per heavy atom. The lowest BCUT2D eigenvalue weighted by atomic mass is 10.1. The van der Waals surface area contributed by atoms with E-state index >= 15 is 0 Å². The molecule has 1 heteroatoms. The average Bonchev–Trinajstić information content (AvgIpc) is 2.11. The fourth-order valence-corrected chi connectivity index (χ4v) is 1.85. The Labute approximate surface area is 96.6 Å². The molecule has 0 saturated carbocycles. The molecule has 0 saturated heterocycles. The zero-order valence-electron chi connectivity index (χ0n) is 8.80. The molecule has 0 unspecified atom stereocenters. The normalized spacial score (nSPS) is 14.4. The molecule has 0 spiro atoms. The van der Waals surface area contributed by atoms with Crippen molar-refractivity contribution in [2.75, 3.05) is 0 Å². The van der Waals surface area contributed by atoms with Crippen molar-refractivity contribution in [1.29, 1.82) is 0 Å². The molecule has 0 aromatic carbocycles. The summed E-state index contributed by atoms with van der Waals surface area (Å²) in [6, 6.07) is 0. The molecule has 0 aliphatic heterocycles. The van der Waals surface area contributed by atoms with Crippen molar-refractivity contribution < 1.29 is 0 Å². The summed E-state index contributed by atoms with van der Waals surface area (Å²) in [6.45, 7) is 4.50. The fourth-order valence-electron chi connectivity index (χ4n) is 1.14. The van der Waals surface area contributed by atoms with E-state index in [2.05, 4.69) is 58.7 Å². The zero-order chi connectivity index (χ0) is 9.94. The fraction of sp³-hybridized carbons (Fsp3) is 0.667. The highest BCUT2D eigenvalue weighted by molar-refractivity contribution is 14.1. The molecule has 0 fully saturated rings. The summed E-state index contributed by atoms with van der Waals surface area (Å²) < 4.78 is 2.10.